The van der Waals surface area contributed by atoms with E-state index in [9.17, 15) is 18.0 Å². The molecule has 3 heterocycles. The minimum absolute atomic E-state index is 0.0440. The fourth-order valence-corrected chi connectivity index (χ4v) is 4.09. The lowest BCUT2D eigenvalue weighted by Gasteiger charge is -2.12. The van der Waals surface area contributed by atoms with Crippen molar-refractivity contribution in [3.63, 3.8) is 0 Å². The second-order valence-corrected chi connectivity index (χ2v) is 9.48. The van der Waals surface area contributed by atoms with Gasteiger partial charge in [0.2, 0.25) is 0 Å². The van der Waals surface area contributed by atoms with Gasteiger partial charge in [0.15, 0.2) is 18.1 Å². The number of alkyl halides is 3. The molecule has 5 rings (SSSR count). The van der Waals surface area contributed by atoms with Crippen molar-refractivity contribution in [2.45, 2.75) is 32.7 Å². The number of rotatable bonds is 7. The number of hydrogen-bond donors (Lipinski definition) is 1. The van der Waals surface area contributed by atoms with Gasteiger partial charge in [0.25, 0.3) is 5.91 Å². The van der Waals surface area contributed by atoms with Crippen LogP contribution in [0.4, 0.5) is 18.9 Å². The molecule has 2 aromatic carbocycles. The quantitative estimate of drug-likeness (QED) is 0.243. The third-order valence-corrected chi connectivity index (χ3v) is 6.17. The molecule has 0 saturated carbocycles. The Balaban J connectivity index is 1.41. The summed E-state index contributed by atoms with van der Waals surface area (Å²) in [5.74, 6) is 0.113. The van der Waals surface area contributed by atoms with E-state index < -0.39 is 17.8 Å². The SMILES string of the molecule is CC(C)c1ccc(-c2cc(C(F)(F)F)n3ncc(C(=O)Nc4cnn(COc5cccc(Cl)c5)c4)c3n2)cc1. The summed E-state index contributed by atoms with van der Waals surface area (Å²) in [6, 6.07) is 14.9. The van der Waals surface area contributed by atoms with Gasteiger partial charge in [-0.05, 0) is 35.7 Å². The highest BCUT2D eigenvalue weighted by Gasteiger charge is 2.36. The van der Waals surface area contributed by atoms with Crippen LogP contribution < -0.4 is 10.1 Å². The predicted molar refractivity (Wildman–Crippen MR) is 140 cm³/mol. The average molecular weight is 555 g/mol. The fraction of sp³-hybridized carbons (Fsp3) is 0.185. The number of nitrogens with zero attached hydrogens (tertiary/aromatic N) is 5. The van der Waals surface area contributed by atoms with E-state index in [1.807, 2.05) is 26.0 Å². The summed E-state index contributed by atoms with van der Waals surface area (Å²) in [6.45, 7) is 4.09. The van der Waals surface area contributed by atoms with Crippen LogP contribution in [0.1, 0.15) is 41.4 Å². The van der Waals surface area contributed by atoms with Gasteiger partial charge in [-0.25, -0.2) is 14.2 Å². The maximum absolute atomic E-state index is 13.9. The first kappa shape index (κ1) is 26.2. The highest BCUT2D eigenvalue weighted by Crippen LogP contribution is 2.33. The summed E-state index contributed by atoms with van der Waals surface area (Å²) in [6.07, 6.45) is -0.755. The molecule has 5 aromatic rings. The minimum Gasteiger partial charge on any atom is -0.471 e. The Morgan fingerprint density at radius 1 is 1.08 bits per heavy atom. The average Bonchev–Trinajstić information content (AvgIpc) is 3.53. The van der Waals surface area contributed by atoms with Gasteiger partial charge in [-0.2, -0.15) is 23.4 Å². The number of halogens is 4. The number of carbonyl (C=O) groups excluding carboxylic acids is 1. The van der Waals surface area contributed by atoms with E-state index in [0.29, 0.717) is 26.5 Å². The normalized spacial score (nSPS) is 11.8. The summed E-state index contributed by atoms with van der Waals surface area (Å²) in [7, 11) is 0. The number of ether oxygens (including phenoxy) is 1. The van der Waals surface area contributed by atoms with Gasteiger partial charge in [0.05, 0.1) is 30.0 Å². The maximum Gasteiger partial charge on any atom is 0.433 e. The first-order valence-corrected chi connectivity index (χ1v) is 12.2. The number of carbonyl (C=O) groups is 1. The highest BCUT2D eigenvalue weighted by atomic mass is 35.5. The molecule has 12 heteroatoms. The van der Waals surface area contributed by atoms with Crippen molar-refractivity contribution in [2.75, 3.05) is 5.32 Å². The molecule has 0 bridgehead atoms. The third kappa shape index (κ3) is 5.73. The molecule has 200 valence electrons. The van der Waals surface area contributed by atoms with Crippen molar-refractivity contribution in [3.8, 4) is 17.0 Å². The van der Waals surface area contributed by atoms with Gasteiger partial charge < -0.3 is 10.1 Å². The molecule has 0 fully saturated rings. The molecule has 0 unspecified atom stereocenters. The summed E-state index contributed by atoms with van der Waals surface area (Å²) >= 11 is 5.95. The molecule has 0 atom stereocenters. The van der Waals surface area contributed by atoms with Gasteiger partial charge in [0.1, 0.15) is 11.3 Å². The van der Waals surface area contributed by atoms with Crippen LogP contribution in [0.5, 0.6) is 5.75 Å². The third-order valence-electron chi connectivity index (χ3n) is 5.93. The van der Waals surface area contributed by atoms with Crippen LogP contribution in [-0.4, -0.2) is 30.3 Å². The predicted octanol–water partition coefficient (Wildman–Crippen LogP) is 6.68. The zero-order valence-corrected chi connectivity index (χ0v) is 21.5. The van der Waals surface area contributed by atoms with Gasteiger partial charge in [-0.1, -0.05) is 55.8 Å². The lowest BCUT2D eigenvalue weighted by molar-refractivity contribution is -0.142. The first-order valence-electron chi connectivity index (χ1n) is 11.9. The largest absolute Gasteiger partial charge is 0.471 e. The number of amides is 1. The van der Waals surface area contributed by atoms with Crippen LogP contribution in [0.25, 0.3) is 16.9 Å². The van der Waals surface area contributed by atoms with Crippen LogP contribution in [0, 0.1) is 0 Å². The molecular weight excluding hydrogens is 533 g/mol. The van der Waals surface area contributed by atoms with Crippen molar-refractivity contribution in [2.24, 2.45) is 0 Å². The van der Waals surface area contributed by atoms with Crippen LogP contribution in [0.2, 0.25) is 5.02 Å². The molecule has 1 N–H and O–H groups in total. The molecule has 0 aliphatic carbocycles. The Kier molecular flexibility index (Phi) is 7.00. The number of aromatic nitrogens is 5. The van der Waals surface area contributed by atoms with Crippen LogP contribution in [-0.2, 0) is 12.9 Å². The monoisotopic (exact) mass is 554 g/mol. The van der Waals surface area contributed by atoms with Gasteiger partial charge in [-0.3, -0.25) is 4.79 Å². The van der Waals surface area contributed by atoms with Gasteiger partial charge >= 0.3 is 6.18 Å². The molecule has 0 saturated heterocycles. The van der Waals surface area contributed by atoms with E-state index in [0.717, 1.165) is 17.8 Å². The zero-order chi connectivity index (χ0) is 27.7. The summed E-state index contributed by atoms with van der Waals surface area (Å²) < 4.78 is 49.5. The summed E-state index contributed by atoms with van der Waals surface area (Å²) in [5, 5.41) is 11.1. The Bertz CT molecular complexity index is 1640. The van der Waals surface area contributed by atoms with E-state index in [1.54, 1.807) is 36.4 Å². The lowest BCUT2D eigenvalue weighted by atomic mass is 10.0. The number of benzene rings is 2. The zero-order valence-electron chi connectivity index (χ0n) is 20.8. The Morgan fingerprint density at radius 3 is 2.54 bits per heavy atom. The molecule has 0 spiro atoms. The molecule has 39 heavy (non-hydrogen) atoms. The minimum atomic E-state index is -4.72. The molecular formula is C27H22ClF3N6O2. The molecule has 0 aliphatic rings. The molecule has 3 aromatic heterocycles. The van der Waals surface area contributed by atoms with Crippen molar-refractivity contribution < 1.29 is 22.7 Å². The van der Waals surface area contributed by atoms with Crippen molar-refractivity contribution in [1.29, 1.82) is 0 Å². The van der Waals surface area contributed by atoms with E-state index in [2.05, 4.69) is 20.5 Å². The summed E-state index contributed by atoms with van der Waals surface area (Å²) in [4.78, 5) is 17.5. The fourth-order valence-electron chi connectivity index (χ4n) is 3.91. The Hall–Kier alpha value is -4.38. The van der Waals surface area contributed by atoms with Crippen molar-refractivity contribution in [1.82, 2.24) is 24.4 Å². The smallest absolute Gasteiger partial charge is 0.433 e. The van der Waals surface area contributed by atoms with Crippen molar-refractivity contribution >= 4 is 28.8 Å². The van der Waals surface area contributed by atoms with Gasteiger partial charge in [0, 0.05) is 10.6 Å². The van der Waals surface area contributed by atoms with Crippen LogP contribution >= 0.6 is 11.6 Å². The molecule has 0 radical (unpaired) electrons. The second kappa shape index (κ2) is 10.4. The highest BCUT2D eigenvalue weighted by molar-refractivity contribution is 6.30. The van der Waals surface area contributed by atoms with Gasteiger partial charge in [-0.15, -0.1) is 0 Å². The summed E-state index contributed by atoms with van der Waals surface area (Å²) in [5.41, 5.74) is 0.530. The number of nitrogens with one attached hydrogen (secondary N) is 1. The van der Waals surface area contributed by atoms with Crippen molar-refractivity contribution in [3.05, 3.63) is 95.0 Å². The van der Waals surface area contributed by atoms with Crippen LogP contribution in [0.3, 0.4) is 0 Å². The number of anilines is 1. The number of hydrogen-bond acceptors (Lipinski definition) is 5. The Labute approximate surface area is 226 Å². The second-order valence-electron chi connectivity index (χ2n) is 9.05. The molecule has 1 amide bonds. The van der Waals surface area contributed by atoms with Crippen LogP contribution in [0.15, 0.2) is 73.2 Å². The van der Waals surface area contributed by atoms with E-state index in [-0.39, 0.29) is 29.6 Å². The Morgan fingerprint density at radius 2 is 1.85 bits per heavy atom. The topological polar surface area (TPSA) is 86.3 Å². The molecule has 0 aliphatic heterocycles. The first-order chi connectivity index (χ1) is 18.6. The standard InChI is InChI=1S/C27H22ClF3N6O2/c1-16(2)17-6-8-18(9-7-17)23-11-24(27(29,30)31)37-25(35-23)22(13-33-37)26(38)34-20-12-32-36(14-20)15-39-21-5-3-4-19(28)10-21/h3-14,16H,15H2,1-2H3,(H,34,38). The lowest BCUT2D eigenvalue weighted by Crippen LogP contribution is -2.15. The maximum atomic E-state index is 13.9. The molecule has 8 nitrogen and oxygen atoms in total. The van der Waals surface area contributed by atoms with E-state index in [1.165, 1.54) is 17.1 Å². The number of fused-ring (bicyclic) bond motifs is 1. The van der Waals surface area contributed by atoms with E-state index >= 15 is 0 Å². The van der Waals surface area contributed by atoms with E-state index in [4.69, 9.17) is 16.3 Å².